The minimum absolute atomic E-state index is 0.0802. The van der Waals surface area contributed by atoms with Gasteiger partial charge < -0.3 is 15.0 Å². The van der Waals surface area contributed by atoms with E-state index in [1.165, 1.54) is 18.4 Å². The van der Waals surface area contributed by atoms with Crippen molar-refractivity contribution < 1.29 is 9.53 Å². The summed E-state index contributed by atoms with van der Waals surface area (Å²) < 4.78 is 6.04. The van der Waals surface area contributed by atoms with Crippen LogP contribution < -0.4 is 15.0 Å². The largest absolute Gasteiger partial charge is 0.484 e. The quantitative estimate of drug-likeness (QED) is 0.913. The van der Waals surface area contributed by atoms with Crippen LogP contribution in [0.15, 0.2) is 18.2 Å². The average Bonchev–Trinajstić information content (AvgIpc) is 2.47. The molecule has 1 amide bonds. The third-order valence-corrected chi connectivity index (χ3v) is 4.60. The lowest BCUT2D eigenvalue weighted by Gasteiger charge is -2.39. The second kappa shape index (κ2) is 5.92. The number of piperidine rings is 1. The number of rotatable bonds is 2. The van der Waals surface area contributed by atoms with Crippen LogP contribution in [-0.2, 0) is 11.2 Å². The Balaban J connectivity index is 1.84. The number of ether oxygens (including phenoxy) is 1. The van der Waals surface area contributed by atoms with Crippen molar-refractivity contribution in [1.82, 2.24) is 5.32 Å². The van der Waals surface area contributed by atoms with Crippen LogP contribution in [-0.4, -0.2) is 31.1 Å². The fourth-order valence-corrected chi connectivity index (χ4v) is 3.48. The van der Waals surface area contributed by atoms with E-state index in [2.05, 4.69) is 17.4 Å². The summed E-state index contributed by atoms with van der Waals surface area (Å²) in [4.78, 5) is 13.9. The molecule has 4 heteroatoms. The van der Waals surface area contributed by atoms with E-state index in [0.717, 1.165) is 36.9 Å². The van der Waals surface area contributed by atoms with Crippen molar-refractivity contribution in [2.75, 3.05) is 24.5 Å². The van der Waals surface area contributed by atoms with Gasteiger partial charge in [0.25, 0.3) is 0 Å². The van der Waals surface area contributed by atoms with Gasteiger partial charge in [0.1, 0.15) is 11.4 Å². The van der Waals surface area contributed by atoms with Crippen LogP contribution in [0, 0.1) is 5.92 Å². The molecule has 2 aliphatic rings. The number of carbonyl (C=O) groups is 1. The molecular weight excluding hydrogens is 276 g/mol. The lowest BCUT2D eigenvalue weighted by atomic mass is 9.90. The molecule has 1 N–H and O–H groups in total. The molecule has 0 saturated carbocycles. The summed E-state index contributed by atoms with van der Waals surface area (Å²) in [5.74, 6) is 1.64. The van der Waals surface area contributed by atoms with E-state index in [1.54, 1.807) is 6.92 Å². The van der Waals surface area contributed by atoms with E-state index in [1.807, 2.05) is 24.8 Å². The Kier molecular flexibility index (Phi) is 4.13. The summed E-state index contributed by atoms with van der Waals surface area (Å²) in [7, 11) is 0. The number of anilines is 1. The van der Waals surface area contributed by atoms with E-state index in [4.69, 9.17) is 4.74 Å². The van der Waals surface area contributed by atoms with E-state index in [9.17, 15) is 4.79 Å². The van der Waals surface area contributed by atoms with Gasteiger partial charge in [0.05, 0.1) is 12.2 Å². The van der Waals surface area contributed by atoms with Crippen molar-refractivity contribution in [1.29, 1.82) is 0 Å². The normalized spacial score (nSPS) is 21.1. The van der Waals surface area contributed by atoms with Crippen molar-refractivity contribution in [3.63, 3.8) is 0 Å². The summed E-state index contributed by atoms with van der Waals surface area (Å²) in [5, 5.41) is 3.41. The third kappa shape index (κ3) is 3.27. The van der Waals surface area contributed by atoms with Gasteiger partial charge in [-0.1, -0.05) is 6.07 Å². The van der Waals surface area contributed by atoms with E-state index in [-0.39, 0.29) is 11.5 Å². The second-order valence-electron chi connectivity index (χ2n) is 7.17. The summed E-state index contributed by atoms with van der Waals surface area (Å²) in [6.45, 7) is 8.51. The maximum absolute atomic E-state index is 12.0. The average molecular weight is 302 g/mol. The third-order valence-electron chi connectivity index (χ3n) is 4.60. The molecule has 120 valence electrons. The molecule has 1 aromatic rings. The maximum atomic E-state index is 12.0. The van der Waals surface area contributed by atoms with Crippen LogP contribution in [0.1, 0.15) is 39.2 Å². The molecule has 4 nitrogen and oxygen atoms in total. The predicted octanol–water partition coefficient (Wildman–Crippen LogP) is 2.75. The zero-order valence-corrected chi connectivity index (χ0v) is 13.8. The molecule has 3 rings (SSSR count). The molecule has 22 heavy (non-hydrogen) atoms. The van der Waals surface area contributed by atoms with Gasteiger partial charge in [0.15, 0.2) is 0 Å². The first kappa shape index (κ1) is 15.3. The number of hydrogen-bond acceptors (Lipinski definition) is 3. The number of nitrogens with zero attached hydrogens (tertiary/aromatic N) is 1. The molecule has 1 fully saturated rings. The molecule has 0 atom stereocenters. The number of hydrogen-bond donors (Lipinski definition) is 1. The number of benzene rings is 1. The van der Waals surface area contributed by atoms with Crippen molar-refractivity contribution in [3.8, 4) is 5.75 Å². The minimum atomic E-state index is -0.338. The lowest BCUT2D eigenvalue weighted by Crippen LogP contribution is -2.48. The molecule has 2 heterocycles. The van der Waals surface area contributed by atoms with E-state index >= 15 is 0 Å². The van der Waals surface area contributed by atoms with Crippen LogP contribution in [0.3, 0.4) is 0 Å². The Morgan fingerprint density at radius 1 is 1.36 bits per heavy atom. The number of amides is 1. The minimum Gasteiger partial charge on any atom is -0.484 e. The second-order valence-corrected chi connectivity index (χ2v) is 7.17. The first-order valence-electron chi connectivity index (χ1n) is 8.25. The Hall–Kier alpha value is -1.55. The molecule has 0 spiro atoms. The topological polar surface area (TPSA) is 41.6 Å². The van der Waals surface area contributed by atoms with Crippen LogP contribution in [0.25, 0.3) is 0 Å². The highest BCUT2D eigenvalue weighted by Gasteiger charge is 2.33. The first-order chi connectivity index (χ1) is 10.4. The fourth-order valence-electron chi connectivity index (χ4n) is 3.48. The van der Waals surface area contributed by atoms with Gasteiger partial charge in [0, 0.05) is 6.92 Å². The highest BCUT2D eigenvalue weighted by atomic mass is 16.5. The summed E-state index contributed by atoms with van der Waals surface area (Å²) in [5.41, 5.74) is 1.90. The van der Waals surface area contributed by atoms with Crippen molar-refractivity contribution >= 4 is 11.6 Å². The molecule has 0 aromatic heterocycles. The summed E-state index contributed by atoms with van der Waals surface area (Å²) in [6, 6.07) is 6.33. The van der Waals surface area contributed by atoms with Crippen LogP contribution in [0.5, 0.6) is 5.75 Å². The van der Waals surface area contributed by atoms with Gasteiger partial charge in [-0.05, 0) is 69.8 Å². The summed E-state index contributed by atoms with van der Waals surface area (Å²) >= 11 is 0. The van der Waals surface area contributed by atoms with E-state index < -0.39 is 0 Å². The van der Waals surface area contributed by atoms with Gasteiger partial charge in [0.2, 0.25) is 5.91 Å². The number of fused-ring (bicyclic) bond motifs is 1. The SMILES string of the molecule is CC(=O)N1CC(C)(C)Oc2ccc(CC3CCNCC3)cc21. The van der Waals surface area contributed by atoms with Gasteiger partial charge >= 0.3 is 0 Å². The molecule has 1 saturated heterocycles. The lowest BCUT2D eigenvalue weighted by molar-refractivity contribution is -0.117. The van der Waals surface area contributed by atoms with Crippen LogP contribution in [0.2, 0.25) is 0 Å². The smallest absolute Gasteiger partial charge is 0.224 e. The molecule has 0 radical (unpaired) electrons. The molecule has 0 bridgehead atoms. The van der Waals surface area contributed by atoms with Gasteiger partial charge in [-0.3, -0.25) is 4.79 Å². The maximum Gasteiger partial charge on any atom is 0.224 e. The highest BCUT2D eigenvalue weighted by Crippen LogP contribution is 2.38. The van der Waals surface area contributed by atoms with Crippen molar-refractivity contribution in [3.05, 3.63) is 23.8 Å². The molecule has 1 aromatic carbocycles. The Labute approximate surface area is 132 Å². The van der Waals surface area contributed by atoms with Gasteiger partial charge in [-0.2, -0.15) is 0 Å². The summed E-state index contributed by atoms with van der Waals surface area (Å²) in [6.07, 6.45) is 3.55. The van der Waals surface area contributed by atoms with Gasteiger partial charge in [-0.25, -0.2) is 0 Å². The van der Waals surface area contributed by atoms with Crippen molar-refractivity contribution in [2.45, 2.75) is 45.6 Å². The Morgan fingerprint density at radius 3 is 2.77 bits per heavy atom. The molecule has 0 unspecified atom stereocenters. The standard InChI is InChI=1S/C18H26N2O2/c1-13(21)20-12-18(2,3)22-17-5-4-15(11-16(17)20)10-14-6-8-19-9-7-14/h4-5,11,14,19H,6-10,12H2,1-3H3. The monoisotopic (exact) mass is 302 g/mol. The zero-order chi connectivity index (χ0) is 15.7. The molecule has 0 aliphatic carbocycles. The Bertz CT molecular complexity index is 562. The highest BCUT2D eigenvalue weighted by molar-refractivity contribution is 5.94. The number of carbonyl (C=O) groups excluding carboxylic acids is 1. The zero-order valence-electron chi connectivity index (χ0n) is 13.8. The van der Waals surface area contributed by atoms with E-state index in [0.29, 0.717) is 6.54 Å². The predicted molar refractivity (Wildman–Crippen MR) is 88.5 cm³/mol. The molecular formula is C18H26N2O2. The molecule has 2 aliphatic heterocycles. The van der Waals surface area contributed by atoms with Crippen molar-refractivity contribution in [2.24, 2.45) is 5.92 Å². The Morgan fingerprint density at radius 2 is 2.09 bits per heavy atom. The van der Waals surface area contributed by atoms with Crippen LogP contribution >= 0.6 is 0 Å². The first-order valence-corrected chi connectivity index (χ1v) is 8.25. The fraction of sp³-hybridized carbons (Fsp3) is 0.611. The van der Waals surface area contributed by atoms with Gasteiger partial charge in [-0.15, -0.1) is 0 Å². The van der Waals surface area contributed by atoms with Crippen LogP contribution in [0.4, 0.5) is 5.69 Å². The number of nitrogens with one attached hydrogen (secondary N) is 1.